The molecule has 1 spiro atoms. The second kappa shape index (κ2) is 7.49. The zero-order valence-corrected chi connectivity index (χ0v) is 19.6. The van der Waals surface area contributed by atoms with Crippen molar-refractivity contribution in [3.05, 3.63) is 82.9 Å². The van der Waals surface area contributed by atoms with Crippen molar-refractivity contribution in [3.8, 4) is 11.5 Å². The van der Waals surface area contributed by atoms with E-state index in [4.69, 9.17) is 9.47 Å². The van der Waals surface area contributed by atoms with Crippen molar-refractivity contribution in [2.24, 2.45) is 11.8 Å². The van der Waals surface area contributed by atoms with E-state index in [0.717, 1.165) is 16.9 Å². The Hall–Kier alpha value is -4.53. The van der Waals surface area contributed by atoms with E-state index in [1.807, 2.05) is 58.3 Å². The molecule has 0 saturated carbocycles. The number of hydrogen-bond donors (Lipinski definition) is 2. The van der Waals surface area contributed by atoms with Crippen LogP contribution in [0.4, 0.5) is 11.4 Å². The van der Waals surface area contributed by atoms with Gasteiger partial charge in [-0.1, -0.05) is 18.2 Å². The summed E-state index contributed by atoms with van der Waals surface area (Å²) in [5.74, 6) is -1.79. The van der Waals surface area contributed by atoms with Crippen molar-refractivity contribution in [2.45, 2.75) is 5.60 Å². The lowest BCUT2D eigenvalue weighted by Gasteiger charge is -2.41. The summed E-state index contributed by atoms with van der Waals surface area (Å²) in [6.45, 7) is 1.66. The van der Waals surface area contributed by atoms with Crippen LogP contribution in [-0.2, 0) is 19.9 Å². The van der Waals surface area contributed by atoms with E-state index in [2.05, 4.69) is 0 Å². The summed E-state index contributed by atoms with van der Waals surface area (Å²) in [6.07, 6.45) is 0. The summed E-state index contributed by atoms with van der Waals surface area (Å²) >= 11 is 0. The van der Waals surface area contributed by atoms with E-state index in [0.29, 0.717) is 54.4 Å². The summed E-state index contributed by atoms with van der Waals surface area (Å²) in [7, 11) is 0. The normalized spacial score (nSPS) is 19.2. The van der Waals surface area contributed by atoms with Crippen molar-refractivity contribution in [1.29, 1.82) is 0 Å². The number of carboxylic acids is 2. The number of carbonyl (C=O) groups is 3. The molecule has 9 nitrogen and oxygen atoms in total. The number of carbonyl (C=O) groups excluding carboxylic acids is 1. The summed E-state index contributed by atoms with van der Waals surface area (Å²) < 4.78 is 12.6. The fourth-order valence-electron chi connectivity index (χ4n) is 5.74. The zero-order chi connectivity index (χ0) is 25.5. The first-order chi connectivity index (χ1) is 17.8. The van der Waals surface area contributed by atoms with E-state index >= 15 is 0 Å². The van der Waals surface area contributed by atoms with E-state index < -0.39 is 35.3 Å². The van der Waals surface area contributed by atoms with Crippen LogP contribution >= 0.6 is 0 Å². The highest BCUT2D eigenvalue weighted by molar-refractivity contribution is 5.97. The molecule has 0 atom stereocenters. The topological polar surface area (TPSA) is 117 Å². The van der Waals surface area contributed by atoms with Gasteiger partial charge in [0.15, 0.2) is 5.60 Å². The van der Waals surface area contributed by atoms with Crippen molar-refractivity contribution in [1.82, 2.24) is 0 Å². The molecule has 0 radical (unpaired) electrons. The first-order valence-electron chi connectivity index (χ1n) is 12.1. The second-order valence-electron chi connectivity index (χ2n) is 9.96. The standard InChI is InChI=1S/C28H22N2O7/c31-25(32)15-11-29(12-15)17-5-7-21-23(9-17)36-24-10-18(30-13-16(14-30)26(33)34)6-8-22(24)28(21)20-4-2-1-3-19(20)27(35)37-28/h1-10,15-16H,11-14H2,(H,31,32)(H,33,34). The fourth-order valence-corrected chi connectivity index (χ4v) is 5.74. The molecule has 2 saturated heterocycles. The van der Waals surface area contributed by atoms with Crippen molar-refractivity contribution < 1.29 is 34.1 Å². The molecule has 4 aliphatic heterocycles. The molecule has 4 aliphatic rings. The maximum Gasteiger partial charge on any atom is 0.340 e. The summed E-state index contributed by atoms with van der Waals surface area (Å²) in [4.78, 5) is 39.5. The van der Waals surface area contributed by atoms with Gasteiger partial charge in [-0.15, -0.1) is 0 Å². The third-order valence-electron chi connectivity index (χ3n) is 7.87. The first kappa shape index (κ1) is 21.7. The number of aliphatic carboxylic acids is 2. The monoisotopic (exact) mass is 498 g/mol. The van der Waals surface area contributed by atoms with Gasteiger partial charge in [0, 0.05) is 66.4 Å². The molecule has 0 amide bonds. The predicted molar refractivity (Wildman–Crippen MR) is 131 cm³/mol. The molecule has 0 aliphatic carbocycles. The van der Waals surface area contributed by atoms with Crippen LogP contribution in [0.1, 0.15) is 27.0 Å². The lowest BCUT2D eigenvalue weighted by atomic mass is 9.77. The molecule has 9 heteroatoms. The lowest BCUT2D eigenvalue weighted by Crippen LogP contribution is -2.50. The van der Waals surface area contributed by atoms with Crippen LogP contribution in [-0.4, -0.2) is 54.3 Å². The van der Waals surface area contributed by atoms with Gasteiger partial charge in [-0.25, -0.2) is 4.79 Å². The Balaban J connectivity index is 1.34. The van der Waals surface area contributed by atoms with Gasteiger partial charge in [-0.2, -0.15) is 0 Å². The average Bonchev–Trinajstić information content (AvgIpc) is 3.09. The maximum absolute atomic E-state index is 13.0. The van der Waals surface area contributed by atoms with E-state index in [-0.39, 0.29) is 0 Å². The van der Waals surface area contributed by atoms with Crippen LogP contribution in [0.3, 0.4) is 0 Å². The molecular weight excluding hydrogens is 476 g/mol. The van der Waals surface area contributed by atoms with Crippen molar-refractivity contribution in [2.75, 3.05) is 36.0 Å². The molecule has 37 heavy (non-hydrogen) atoms. The van der Waals surface area contributed by atoms with Gasteiger partial charge in [-0.3, -0.25) is 9.59 Å². The van der Waals surface area contributed by atoms with Gasteiger partial charge in [0.1, 0.15) is 11.5 Å². The first-order valence-corrected chi connectivity index (χ1v) is 12.1. The van der Waals surface area contributed by atoms with Gasteiger partial charge in [0.05, 0.1) is 17.4 Å². The van der Waals surface area contributed by atoms with Gasteiger partial charge >= 0.3 is 17.9 Å². The van der Waals surface area contributed by atoms with Gasteiger partial charge in [-0.05, 0) is 30.3 Å². The molecule has 0 bridgehead atoms. The van der Waals surface area contributed by atoms with Gasteiger partial charge < -0.3 is 29.5 Å². The molecule has 186 valence electrons. The van der Waals surface area contributed by atoms with Crippen LogP contribution in [0.5, 0.6) is 11.5 Å². The van der Waals surface area contributed by atoms with Crippen LogP contribution in [0.15, 0.2) is 60.7 Å². The van der Waals surface area contributed by atoms with Crippen LogP contribution < -0.4 is 14.5 Å². The molecule has 7 rings (SSSR count). The number of benzene rings is 3. The van der Waals surface area contributed by atoms with Crippen molar-refractivity contribution in [3.63, 3.8) is 0 Å². The number of rotatable bonds is 4. The zero-order valence-electron chi connectivity index (χ0n) is 19.6. The minimum absolute atomic E-state index is 0.402. The number of ether oxygens (including phenoxy) is 2. The van der Waals surface area contributed by atoms with Crippen LogP contribution in [0, 0.1) is 11.8 Å². The third-order valence-corrected chi connectivity index (χ3v) is 7.87. The van der Waals surface area contributed by atoms with E-state index in [1.165, 1.54) is 0 Å². The third kappa shape index (κ3) is 3.00. The van der Waals surface area contributed by atoms with Crippen molar-refractivity contribution >= 4 is 29.3 Å². The molecular formula is C28H22N2O7. The molecule has 0 aromatic heterocycles. The summed E-state index contributed by atoms with van der Waals surface area (Å²) in [6, 6.07) is 18.6. The number of anilines is 2. The number of nitrogens with zero attached hydrogens (tertiary/aromatic N) is 2. The fraction of sp³-hybridized carbons (Fsp3) is 0.250. The predicted octanol–water partition coefficient (Wildman–Crippen LogP) is 3.30. The highest BCUT2D eigenvalue weighted by Gasteiger charge is 2.53. The SMILES string of the molecule is O=C1OC2(c3ccc(N4CC(C(=O)O)C4)cc3Oc3cc(N4CC(C(=O)O)C4)ccc32)c2ccccc21. The minimum atomic E-state index is -1.19. The molecule has 3 aromatic carbocycles. The van der Waals surface area contributed by atoms with Gasteiger partial charge in [0.25, 0.3) is 0 Å². The Labute approximate surface area is 211 Å². The van der Waals surface area contributed by atoms with Gasteiger partial charge in [0.2, 0.25) is 0 Å². The van der Waals surface area contributed by atoms with E-state index in [9.17, 15) is 24.6 Å². The number of carboxylic acid groups (broad SMARTS) is 2. The number of fused-ring (bicyclic) bond motifs is 6. The Morgan fingerprint density at radius 3 is 1.78 bits per heavy atom. The molecule has 4 heterocycles. The van der Waals surface area contributed by atoms with E-state index in [1.54, 1.807) is 12.1 Å². The Bertz CT molecular complexity index is 1420. The molecule has 3 aromatic rings. The Kier molecular flexibility index (Phi) is 4.40. The maximum atomic E-state index is 13.0. The quantitative estimate of drug-likeness (QED) is 0.523. The number of hydrogen-bond acceptors (Lipinski definition) is 7. The Morgan fingerprint density at radius 2 is 1.27 bits per heavy atom. The molecule has 2 fully saturated rings. The smallest absolute Gasteiger partial charge is 0.340 e. The largest absolute Gasteiger partial charge is 0.481 e. The minimum Gasteiger partial charge on any atom is -0.481 e. The molecule has 2 N–H and O–H groups in total. The highest BCUT2D eigenvalue weighted by atomic mass is 16.6. The second-order valence-corrected chi connectivity index (χ2v) is 9.96. The summed E-state index contributed by atoms with van der Waals surface area (Å²) in [5, 5.41) is 18.5. The average molecular weight is 498 g/mol. The molecule has 0 unspecified atom stereocenters. The summed E-state index contributed by atoms with van der Waals surface area (Å²) in [5.41, 5.74) is 3.08. The highest BCUT2D eigenvalue weighted by Crippen LogP contribution is 2.57. The Morgan fingerprint density at radius 1 is 0.757 bits per heavy atom. The van der Waals surface area contributed by atoms with Crippen LogP contribution in [0.2, 0.25) is 0 Å². The lowest BCUT2D eigenvalue weighted by molar-refractivity contribution is -0.143. The van der Waals surface area contributed by atoms with Crippen LogP contribution in [0.25, 0.3) is 0 Å². The number of esters is 1.